The molecule has 0 saturated carbocycles. The largest absolute Gasteiger partial charge is 0.454 e. The molecule has 2 aromatic heterocycles. The second-order valence-corrected chi connectivity index (χ2v) is 6.21. The van der Waals surface area contributed by atoms with Gasteiger partial charge in [0, 0.05) is 29.9 Å². The fourth-order valence-corrected chi connectivity index (χ4v) is 2.55. The number of aromatic nitrogens is 4. The van der Waals surface area contributed by atoms with E-state index in [-0.39, 0.29) is 17.5 Å². The topological polar surface area (TPSA) is 69.9 Å². The van der Waals surface area contributed by atoms with E-state index in [4.69, 9.17) is 0 Å². The molecule has 3 aromatic rings. The van der Waals surface area contributed by atoms with Crippen molar-refractivity contribution in [1.29, 1.82) is 0 Å². The maximum absolute atomic E-state index is 12.2. The van der Waals surface area contributed by atoms with Crippen LogP contribution < -0.4 is 10.3 Å². The first-order chi connectivity index (χ1) is 13.3. The summed E-state index contributed by atoms with van der Waals surface area (Å²) in [5.41, 5.74) is 1.72. The van der Waals surface area contributed by atoms with Crippen molar-refractivity contribution in [3.05, 3.63) is 70.8 Å². The minimum absolute atomic E-state index is 0.0658. The second kappa shape index (κ2) is 8.20. The lowest BCUT2D eigenvalue weighted by Gasteiger charge is -2.13. The van der Waals surface area contributed by atoms with Gasteiger partial charge in [0.2, 0.25) is 0 Å². The van der Waals surface area contributed by atoms with E-state index in [1.54, 1.807) is 0 Å². The smallest absolute Gasteiger partial charge is 0.422 e. The standard InChI is InChI=1S/C19H17F3N4O2/c1-13(14-5-3-2-4-6-14)11-26-17(27)8-7-16(25-26)15-9-23-18(24-10-15)28-12-19(20,21)22/h2-10,13H,11-12H2,1H3. The Kier molecular flexibility index (Phi) is 5.72. The molecule has 146 valence electrons. The van der Waals surface area contributed by atoms with Crippen LogP contribution >= 0.6 is 0 Å². The van der Waals surface area contributed by atoms with Gasteiger partial charge in [0.15, 0.2) is 6.61 Å². The van der Waals surface area contributed by atoms with Crippen LogP contribution in [-0.2, 0) is 6.54 Å². The van der Waals surface area contributed by atoms with Gasteiger partial charge in [0.1, 0.15) is 0 Å². The number of hydrogen-bond acceptors (Lipinski definition) is 5. The molecule has 9 heteroatoms. The number of nitrogens with zero attached hydrogens (tertiary/aromatic N) is 4. The molecule has 0 bridgehead atoms. The molecule has 0 saturated heterocycles. The van der Waals surface area contributed by atoms with Crippen molar-refractivity contribution >= 4 is 0 Å². The van der Waals surface area contributed by atoms with Crippen molar-refractivity contribution in [2.45, 2.75) is 25.6 Å². The number of rotatable bonds is 6. The van der Waals surface area contributed by atoms with Gasteiger partial charge in [-0.2, -0.15) is 18.3 Å². The van der Waals surface area contributed by atoms with Crippen molar-refractivity contribution in [1.82, 2.24) is 19.7 Å². The summed E-state index contributed by atoms with van der Waals surface area (Å²) in [6, 6.07) is 12.3. The van der Waals surface area contributed by atoms with Crippen LogP contribution in [0, 0.1) is 0 Å². The molecule has 0 aliphatic carbocycles. The van der Waals surface area contributed by atoms with E-state index in [9.17, 15) is 18.0 Å². The van der Waals surface area contributed by atoms with E-state index in [0.29, 0.717) is 17.8 Å². The van der Waals surface area contributed by atoms with Gasteiger partial charge in [-0.05, 0) is 11.6 Å². The Balaban J connectivity index is 1.76. The van der Waals surface area contributed by atoms with E-state index < -0.39 is 12.8 Å². The molecule has 3 rings (SSSR count). The zero-order valence-corrected chi connectivity index (χ0v) is 14.9. The van der Waals surface area contributed by atoms with Crippen LogP contribution in [-0.4, -0.2) is 32.5 Å². The third-order valence-electron chi connectivity index (χ3n) is 3.97. The molecule has 1 atom stereocenters. The fraction of sp³-hybridized carbons (Fsp3) is 0.263. The Morgan fingerprint density at radius 2 is 1.75 bits per heavy atom. The number of hydrogen-bond donors (Lipinski definition) is 0. The SMILES string of the molecule is CC(Cn1nc(-c2cnc(OCC(F)(F)F)nc2)ccc1=O)c1ccccc1. The van der Waals surface area contributed by atoms with Crippen LogP contribution in [0.4, 0.5) is 13.2 Å². The van der Waals surface area contributed by atoms with Gasteiger partial charge >= 0.3 is 12.2 Å². The molecule has 0 fully saturated rings. The molecular weight excluding hydrogens is 373 g/mol. The fourth-order valence-electron chi connectivity index (χ4n) is 2.55. The summed E-state index contributed by atoms with van der Waals surface area (Å²) in [4.78, 5) is 19.7. The molecule has 6 nitrogen and oxygen atoms in total. The number of alkyl halides is 3. The lowest BCUT2D eigenvalue weighted by Crippen LogP contribution is -2.24. The van der Waals surface area contributed by atoms with Gasteiger partial charge in [0.25, 0.3) is 5.56 Å². The minimum atomic E-state index is -4.46. The third kappa shape index (κ3) is 5.15. The lowest BCUT2D eigenvalue weighted by molar-refractivity contribution is -0.154. The summed E-state index contributed by atoms with van der Waals surface area (Å²) >= 11 is 0. The van der Waals surface area contributed by atoms with Crippen LogP contribution in [0.25, 0.3) is 11.3 Å². The van der Waals surface area contributed by atoms with Crippen LogP contribution in [0.15, 0.2) is 59.7 Å². The van der Waals surface area contributed by atoms with E-state index >= 15 is 0 Å². The molecule has 0 N–H and O–H groups in total. The normalized spacial score (nSPS) is 12.6. The summed E-state index contributed by atoms with van der Waals surface area (Å²) in [6.45, 7) is 0.906. The van der Waals surface area contributed by atoms with Crippen LogP contribution in [0.2, 0.25) is 0 Å². The van der Waals surface area contributed by atoms with Gasteiger partial charge in [0.05, 0.1) is 12.2 Å². The van der Waals surface area contributed by atoms with Crippen molar-refractivity contribution in [2.75, 3.05) is 6.61 Å². The highest BCUT2D eigenvalue weighted by Crippen LogP contribution is 2.19. The Labute approximate surface area is 158 Å². The average Bonchev–Trinajstić information content (AvgIpc) is 2.68. The van der Waals surface area contributed by atoms with Gasteiger partial charge < -0.3 is 4.74 Å². The van der Waals surface area contributed by atoms with Crippen molar-refractivity contribution in [2.24, 2.45) is 0 Å². The van der Waals surface area contributed by atoms with Crippen molar-refractivity contribution in [3.8, 4) is 17.3 Å². The monoisotopic (exact) mass is 390 g/mol. The maximum atomic E-state index is 12.2. The van der Waals surface area contributed by atoms with Gasteiger partial charge in [-0.1, -0.05) is 37.3 Å². The first-order valence-electron chi connectivity index (χ1n) is 8.47. The summed E-state index contributed by atoms with van der Waals surface area (Å²) in [5, 5.41) is 4.33. The Morgan fingerprint density at radius 3 is 2.39 bits per heavy atom. The van der Waals surface area contributed by atoms with Gasteiger partial charge in [-0.25, -0.2) is 14.6 Å². The predicted molar refractivity (Wildman–Crippen MR) is 95.9 cm³/mol. The van der Waals surface area contributed by atoms with Crippen LogP contribution in [0.1, 0.15) is 18.4 Å². The quantitative estimate of drug-likeness (QED) is 0.645. The molecule has 1 aromatic carbocycles. The van der Waals surface area contributed by atoms with Crippen molar-refractivity contribution in [3.63, 3.8) is 0 Å². The molecular formula is C19H17F3N4O2. The first-order valence-corrected chi connectivity index (χ1v) is 8.47. The van der Waals surface area contributed by atoms with Crippen molar-refractivity contribution < 1.29 is 17.9 Å². The molecule has 0 aliphatic rings. The number of benzene rings is 1. The van der Waals surface area contributed by atoms with Gasteiger partial charge in [-0.15, -0.1) is 0 Å². The summed E-state index contributed by atoms with van der Waals surface area (Å²) in [6.07, 6.45) is -1.86. The van der Waals surface area contributed by atoms with E-state index in [1.807, 2.05) is 37.3 Å². The lowest BCUT2D eigenvalue weighted by atomic mass is 10.0. The maximum Gasteiger partial charge on any atom is 0.422 e. The zero-order chi connectivity index (χ0) is 20.1. The van der Waals surface area contributed by atoms with E-state index in [1.165, 1.54) is 29.2 Å². The molecule has 0 amide bonds. The summed E-state index contributed by atoms with van der Waals surface area (Å²) in [7, 11) is 0. The van der Waals surface area contributed by atoms with E-state index in [2.05, 4.69) is 19.8 Å². The molecule has 0 radical (unpaired) electrons. The first kappa shape index (κ1) is 19.5. The highest BCUT2D eigenvalue weighted by atomic mass is 19.4. The molecule has 28 heavy (non-hydrogen) atoms. The third-order valence-corrected chi connectivity index (χ3v) is 3.97. The average molecular weight is 390 g/mol. The molecule has 2 heterocycles. The summed E-state index contributed by atoms with van der Waals surface area (Å²) < 4.78 is 42.3. The predicted octanol–water partition coefficient (Wildman–Crippen LogP) is 3.45. The molecule has 0 spiro atoms. The van der Waals surface area contributed by atoms with Crippen LogP contribution in [0.3, 0.4) is 0 Å². The Bertz CT molecular complexity index is 973. The molecule has 1 unspecified atom stereocenters. The second-order valence-electron chi connectivity index (χ2n) is 6.21. The summed E-state index contributed by atoms with van der Waals surface area (Å²) in [5.74, 6) is 0.0658. The van der Waals surface area contributed by atoms with Gasteiger partial charge in [-0.3, -0.25) is 4.79 Å². The number of ether oxygens (including phenoxy) is 1. The molecule has 0 aliphatic heterocycles. The van der Waals surface area contributed by atoms with Crippen LogP contribution in [0.5, 0.6) is 6.01 Å². The Hall–Kier alpha value is -3.23. The number of halogens is 3. The highest BCUT2D eigenvalue weighted by molar-refractivity contribution is 5.55. The van der Waals surface area contributed by atoms with E-state index in [0.717, 1.165) is 5.56 Å². The Morgan fingerprint density at radius 1 is 1.07 bits per heavy atom. The zero-order valence-electron chi connectivity index (χ0n) is 14.9. The highest BCUT2D eigenvalue weighted by Gasteiger charge is 2.28. The minimum Gasteiger partial charge on any atom is -0.454 e.